The molecule has 0 spiro atoms. The van der Waals surface area contributed by atoms with E-state index < -0.39 is 0 Å². The minimum Gasteiger partial charge on any atom is -0.455 e. The fourth-order valence-electron chi connectivity index (χ4n) is 1.52. The standard InChI is InChI=1S/C13H13ClN2O2/c1-8-2-3-9(14)6-11(8)16-13(17)12-5-4-10(7-15)18-12/h2-6H,7,15H2,1H3,(H,16,17). The van der Waals surface area contributed by atoms with Crippen LogP contribution in [0.2, 0.25) is 5.02 Å². The third kappa shape index (κ3) is 2.72. The van der Waals surface area contributed by atoms with Crippen LogP contribution in [0.4, 0.5) is 5.69 Å². The molecule has 1 aromatic heterocycles. The van der Waals surface area contributed by atoms with Gasteiger partial charge in [0.2, 0.25) is 0 Å². The molecule has 5 heteroatoms. The van der Waals surface area contributed by atoms with Crippen molar-refractivity contribution in [2.24, 2.45) is 5.73 Å². The molecule has 0 radical (unpaired) electrons. The molecular formula is C13H13ClN2O2. The molecule has 18 heavy (non-hydrogen) atoms. The van der Waals surface area contributed by atoms with E-state index in [1.165, 1.54) is 0 Å². The Morgan fingerprint density at radius 2 is 2.17 bits per heavy atom. The molecule has 0 unspecified atom stereocenters. The summed E-state index contributed by atoms with van der Waals surface area (Å²) in [5.74, 6) is 0.484. The maximum Gasteiger partial charge on any atom is 0.291 e. The Balaban J connectivity index is 2.18. The number of carbonyl (C=O) groups is 1. The van der Waals surface area contributed by atoms with Gasteiger partial charge in [-0.3, -0.25) is 4.79 Å². The van der Waals surface area contributed by atoms with Gasteiger partial charge in [-0.05, 0) is 36.8 Å². The predicted octanol–water partition coefficient (Wildman–Crippen LogP) is 2.95. The number of nitrogens with one attached hydrogen (secondary N) is 1. The Kier molecular flexibility index (Phi) is 3.69. The molecular weight excluding hydrogens is 252 g/mol. The van der Waals surface area contributed by atoms with E-state index >= 15 is 0 Å². The first-order chi connectivity index (χ1) is 8.60. The first-order valence-corrected chi connectivity index (χ1v) is 5.84. The molecule has 2 rings (SSSR count). The zero-order valence-electron chi connectivity index (χ0n) is 9.87. The van der Waals surface area contributed by atoms with Crippen LogP contribution in [0.1, 0.15) is 21.9 Å². The monoisotopic (exact) mass is 264 g/mol. The average molecular weight is 265 g/mol. The van der Waals surface area contributed by atoms with E-state index in [-0.39, 0.29) is 18.2 Å². The summed E-state index contributed by atoms with van der Waals surface area (Å²) >= 11 is 5.88. The van der Waals surface area contributed by atoms with Gasteiger partial charge in [-0.1, -0.05) is 17.7 Å². The summed E-state index contributed by atoms with van der Waals surface area (Å²) in [7, 11) is 0. The number of aryl methyl sites for hydroxylation is 1. The zero-order valence-corrected chi connectivity index (χ0v) is 10.6. The fraction of sp³-hybridized carbons (Fsp3) is 0.154. The van der Waals surface area contributed by atoms with Crippen molar-refractivity contribution < 1.29 is 9.21 Å². The molecule has 1 heterocycles. The normalized spacial score (nSPS) is 10.4. The molecule has 1 aromatic carbocycles. The fourth-order valence-corrected chi connectivity index (χ4v) is 1.69. The van der Waals surface area contributed by atoms with Crippen molar-refractivity contribution >= 4 is 23.2 Å². The van der Waals surface area contributed by atoms with Crippen molar-refractivity contribution in [1.82, 2.24) is 0 Å². The Hall–Kier alpha value is -1.78. The second kappa shape index (κ2) is 5.25. The van der Waals surface area contributed by atoms with Gasteiger partial charge < -0.3 is 15.5 Å². The number of hydrogen-bond donors (Lipinski definition) is 2. The number of halogens is 1. The third-order valence-corrected chi connectivity index (χ3v) is 2.77. The van der Waals surface area contributed by atoms with Gasteiger partial charge in [-0.25, -0.2) is 0 Å². The van der Waals surface area contributed by atoms with Crippen LogP contribution in [0.5, 0.6) is 0 Å². The molecule has 4 nitrogen and oxygen atoms in total. The highest BCUT2D eigenvalue weighted by molar-refractivity contribution is 6.31. The Labute approximate surface area is 110 Å². The van der Waals surface area contributed by atoms with Crippen LogP contribution in [0.3, 0.4) is 0 Å². The lowest BCUT2D eigenvalue weighted by Crippen LogP contribution is -2.11. The Morgan fingerprint density at radius 3 is 2.83 bits per heavy atom. The number of benzene rings is 1. The van der Waals surface area contributed by atoms with Gasteiger partial charge in [0.15, 0.2) is 5.76 Å². The largest absolute Gasteiger partial charge is 0.455 e. The summed E-state index contributed by atoms with van der Waals surface area (Å²) in [5, 5.41) is 3.31. The summed E-state index contributed by atoms with van der Waals surface area (Å²) in [4.78, 5) is 11.9. The first-order valence-electron chi connectivity index (χ1n) is 5.46. The van der Waals surface area contributed by atoms with Crippen LogP contribution in [-0.2, 0) is 6.54 Å². The number of rotatable bonds is 3. The maximum atomic E-state index is 11.9. The van der Waals surface area contributed by atoms with E-state index in [4.69, 9.17) is 21.8 Å². The predicted molar refractivity (Wildman–Crippen MR) is 70.7 cm³/mol. The molecule has 0 saturated carbocycles. The average Bonchev–Trinajstić information content (AvgIpc) is 2.82. The molecule has 0 aliphatic rings. The highest BCUT2D eigenvalue weighted by Crippen LogP contribution is 2.21. The lowest BCUT2D eigenvalue weighted by atomic mass is 10.2. The molecule has 3 N–H and O–H groups in total. The number of furan rings is 1. The molecule has 0 atom stereocenters. The maximum absolute atomic E-state index is 11.9. The number of amides is 1. The van der Waals surface area contributed by atoms with Gasteiger partial charge in [-0.2, -0.15) is 0 Å². The van der Waals surface area contributed by atoms with E-state index in [0.717, 1.165) is 5.56 Å². The molecule has 94 valence electrons. The summed E-state index contributed by atoms with van der Waals surface area (Å²) in [6, 6.07) is 8.58. The van der Waals surface area contributed by atoms with Crippen molar-refractivity contribution in [1.29, 1.82) is 0 Å². The lowest BCUT2D eigenvalue weighted by Gasteiger charge is -2.07. The third-order valence-electron chi connectivity index (χ3n) is 2.53. The molecule has 0 aliphatic heterocycles. The number of anilines is 1. The quantitative estimate of drug-likeness (QED) is 0.896. The van der Waals surface area contributed by atoms with Crippen LogP contribution >= 0.6 is 11.6 Å². The molecule has 0 bridgehead atoms. The van der Waals surface area contributed by atoms with E-state index in [9.17, 15) is 4.79 Å². The second-order valence-electron chi connectivity index (χ2n) is 3.88. The molecule has 0 saturated heterocycles. The Morgan fingerprint density at radius 1 is 1.39 bits per heavy atom. The van der Waals surface area contributed by atoms with Crippen LogP contribution in [0.15, 0.2) is 34.7 Å². The highest BCUT2D eigenvalue weighted by Gasteiger charge is 2.12. The van der Waals surface area contributed by atoms with E-state index in [1.54, 1.807) is 24.3 Å². The molecule has 2 aromatic rings. The van der Waals surface area contributed by atoms with Gasteiger partial charge in [-0.15, -0.1) is 0 Å². The van der Waals surface area contributed by atoms with Gasteiger partial charge in [0.25, 0.3) is 5.91 Å². The van der Waals surface area contributed by atoms with E-state index in [2.05, 4.69) is 5.32 Å². The lowest BCUT2D eigenvalue weighted by molar-refractivity contribution is 0.0995. The van der Waals surface area contributed by atoms with Gasteiger partial charge in [0.05, 0.1) is 6.54 Å². The van der Waals surface area contributed by atoms with Crippen molar-refractivity contribution in [3.05, 3.63) is 52.4 Å². The van der Waals surface area contributed by atoms with Gasteiger partial charge >= 0.3 is 0 Å². The van der Waals surface area contributed by atoms with Crippen LogP contribution in [-0.4, -0.2) is 5.91 Å². The van der Waals surface area contributed by atoms with Crippen LogP contribution < -0.4 is 11.1 Å². The topological polar surface area (TPSA) is 68.3 Å². The minimum atomic E-state index is -0.319. The van der Waals surface area contributed by atoms with Crippen LogP contribution in [0, 0.1) is 6.92 Å². The summed E-state index contributed by atoms with van der Waals surface area (Å²) in [6.07, 6.45) is 0. The second-order valence-corrected chi connectivity index (χ2v) is 4.32. The Bertz CT molecular complexity index is 578. The molecule has 1 amide bonds. The smallest absolute Gasteiger partial charge is 0.291 e. The van der Waals surface area contributed by atoms with Crippen LogP contribution in [0.25, 0.3) is 0 Å². The number of nitrogens with two attached hydrogens (primary N) is 1. The zero-order chi connectivity index (χ0) is 13.1. The van der Waals surface area contributed by atoms with E-state index in [1.807, 2.05) is 13.0 Å². The van der Waals surface area contributed by atoms with Crippen molar-refractivity contribution in [3.63, 3.8) is 0 Å². The number of hydrogen-bond acceptors (Lipinski definition) is 3. The van der Waals surface area contributed by atoms with Gasteiger partial charge in [0, 0.05) is 10.7 Å². The number of carbonyl (C=O) groups excluding carboxylic acids is 1. The molecule has 0 fully saturated rings. The van der Waals surface area contributed by atoms with Crippen molar-refractivity contribution in [2.45, 2.75) is 13.5 Å². The highest BCUT2D eigenvalue weighted by atomic mass is 35.5. The van der Waals surface area contributed by atoms with Crippen molar-refractivity contribution in [3.8, 4) is 0 Å². The van der Waals surface area contributed by atoms with Crippen molar-refractivity contribution in [2.75, 3.05) is 5.32 Å². The summed E-state index contributed by atoms with van der Waals surface area (Å²) in [6.45, 7) is 2.16. The van der Waals surface area contributed by atoms with E-state index in [0.29, 0.717) is 16.5 Å². The molecule has 0 aliphatic carbocycles. The SMILES string of the molecule is Cc1ccc(Cl)cc1NC(=O)c1ccc(CN)o1. The first kappa shape index (κ1) is 12.7. The minimum absolute atomic E-state index is 0.231. The summed E-state index contributed by atoms with van der Waals surface area (Å²) < 4.78 is 5.27. The van der Waals surface area contributed by atoms with Gasteiger partial charge in [0.1, 0.15) is 5.76 Å². The summed E-state index contributed by atoms with van der Waals surface area (Å²) in [5.41, 5.74) is 7.01.